The average molecular weight is 467 g/mol. The largest absolute Gasteiger partial charge is 0.416 e. The molecule has 0 saturated carbocycles. The molecule has 0 spiro atoms. The molecule has 174 valence electrons. The number of nitrogens with zero attached hydrogens (tertiary/aromatic N) is 5. The zero-order valence-electron chi connectivity index (χ0n) is 18.2. The first-order valence-corrected chi connectivity index (χ1v) is 10.8. The maximum absolute atomic E-state index is 13.2. The Labute approximate surface area is 192 Å². The minimum Gasteiger partial charge on any atom is -0.311 e. The molecular weight excluding hydrogens is 447 g/mol. The van der Waals surface area contributed by atoms with Crippen molar-refractivity contribution >= 4 is 17.2 Å². The molecule has 2 aromatic heterocycles. The molecule has 0 bridgehead atoms. The summed E-state index contributed by atoms with van der Waals surface area (Å²) in [6, 6.07) is 13.7. The van der Waals surface area contributed by atoms with Crippen molar-refractivity contribution in [1.82, 2.24) is 19.2 Å². The molecule has 4 aromatic rings. The van der Waals surface area contributed by atoms with Crippen LogP contribution >= 0.6 is 0 Å². The minimum atomic E-state index is -4.47. The molecule has 34 heavy (non-hydrogen) atoms. The first-order chi connectivity index (χ1) is 16.2. The van der Waals surface area contributed by atoms with Gasteiger partial charge in [-0.2, -0.15) is 13.2 Å². The molecular formula is C24H20F3N5O2. The summed E-state index contributed by atoms with van der Waals surface area (Å²) in [6.45, 7) is 1.99. The summed E-state index contributed by atoms with van der Waals surface area (Å²) < 4.78 is 41.2. The molecule has 0 fully saturated rings. The summed E-state index contributed by atoms with van der Waals surface area (Å²) in [5, 5.41) is 4.31. The summed E-state index contributed by atoms with van der Waals surface area (Å²) in [6.07, 6.45) is -2.76. The zero-order chi connectivity index (χ0) is 24.0. The maximum atomic E-state index is 13.2. The number of benzene rings is 2. The minimum absolute atomic E-state index is 0.163. The Balaban J connectivity index is 1.52. The number of carbonyl (C=O) groups is 1. The normalized spacial score (nSPS) is 13.8. The molecule has 7 nitrogen and oxygen atoms in total. The Hall–Kier alpha value is -3.95. The lowest BCUT2D eigenvalue weighted by molar-refractivity contribution is -0.137. The number of fused-ring (bicyclic) bond motifs is 2. The van der Waals surface area contributed by atoms with Gasteiger partial charge in [0.2, 0.25) is 5.91 Å². The van der Waals surface area contributed by atoms with Crippen molar-refractivity contribution in [3.63, 3.8) is 0 Å². The highest BCUT2D eigenvalue weighted by atomic mass is 19.4. The van der Waals surface area contributed by atoms with Gasteiger partial charge in [-0.25, -0.2) is 18.9 Å². The van der Waals surface area contributed by atoms with E-state index in [1.54, 1.807) is 17.9 Å². The Bertz CT molecular complexity index is 1450. The van der Waals surface area contributed by atoms with E-state index in [-0.39, 0.29) is 23.9 Å². The third kappa shape index (κ3) is 3.85. The van der Waals surface area contributed by atoms with Crippen LogP contribution in [-0.4, -0.2) is 31.6 Å². The number of aromatic nitrogens is 4. The monoisotopic (exact) mass is 467 g/mol. The third-order valence-corrected chi connectivity index (χ3v) is 5.86. The van der Waals surface area contributed by atoms with Crippen molar-refractivity contribution in [3.05, 3.63) is 81.9 Å². The average Bonchev–Trinajstić information content (AvgIpc) is 3.12. The van der Waals surface area contributed by atoms with Crippen LogP contribution < -0.4 is 10.6 Å². The van der Waals surface area contributed by atoms with Gasteiger partial charge in [-0.05, 0) is 43.5 Å². The van der Waals surface area contributed by atoms with E-state index in [1.165, 1.54) is 16.5 Å². The van der Waals surface area contributed by atoms with Gasteiger partial charge in [0.05, 0.1) is 5.56 Å². The number of alkyl halides is 3. The Kier molecular flexibility index (Phi) is 5.22. The molecule has 0 radical (unpaired) electrons. The first-order valence-electron chi connectivity index (χ1n) is 10.8. The Morgan fingerprint density at radius 1 is 1.09 bits per heavy atom. The lowest BCUT2D eigenvalue weighted by Gasteiger charge is -2.29. The lowest BCUT2D eigenvalue weighted by atomic mass is 10.0. The van der Waals surface area contributed by atoms with Crippen molar-refractivity contribution in [2.75, 3.05) is 11.4 Å². The molecule has 10 heteroatoms. The first kappa shape index (κ1) is 21.9. The van der Waals surface area contributed by atoms with Crippen LogP contribution in [0.5, 0.6) is 0 Å². The van der Waals surface area contributed by atoms with E-state index in [4.69, 9.17) is 0 Å². The molecule has 0 saturated heterocycles. The van der Waals surface area contributed by atoms with Crippen LogP contribution in [0.4, 0.5) is 18.9 Å². The van der Waals surface area contributed by atoms with Gasteiger partial charge in [0, 0.05) is 29.6 Å². The third-order valence-electron chi connectivity index (χ3n) is 5.86. The van der Waals surface area contributed by atoms with Crippen LogP contribution in [0, 0.1) is 6.92 Å². The summed E-state index contributed by atoms with van der Waals surface area (Å²) in [7, 11) is 0. The summed E-state index contributed by atoms with van der Waals surface area (Å²) >= 11 is 0. The second-order valence-corrected chi connectivity index (χ2v) is 8.21. The fourth-order valence-corrected chi connectivity index (χ4v) is 4.26. The van der Waals surface area contributed by atoms with Gasteiger partial charge in [-0.15, -0.1) is 5.10 Å². The van der Waals surface area contributed by atoms with Crippen molar-refractivity contribution in [2.24, 2.45) is 0 Å². The number of anilines is 1. The van der Waals surface area contributed by atoms with Gasteiger partial charge in [0.15, 0.2) is 5.65 Å². The lowest BCUT2D eigenvalue weighted by Crippen LogP contribution is -2.39. The van der Waals surface area contributed by atoms with Crippen molar-refractivity contribution in [3.8, 4) is 11.4 Å². The highest BCUT2D eigenvalue weighted by molar-refractivity contribution is 5.94. The van der Waals surface area contributed by atoms with E-state index in [2.05, 4.69) is 10.1 Å². The number of amides is 1. The number of rotatable bonds is 3. The molecule has 0 unspecified atom stereocenters. The van der Waals surface area contributed by atoms with Crippen LogP contribution in [0.1, 0.15) is 23.2 Å². The molecule has 1 aliphatic rings. The van der Waals surface area contributed by atoms with Crippen molar-refractivity contribution < 1.29 is 18.0 Å². The van der Waals surface area contributed by atoms with Gasteiger partial charge in [-0.1, -0.05) is 30.3 Å². The van der Waals surface area contributed by atoms with Crippen LogP contribution in [-0.2, 0) is 23.9 Å². The number of para-hydroxylation sites is 1. The Morgan fingerprint density at radius 2 is 1.82 bits per heavy atom. The highest BCUT2D eigenvalue weighted by Gasteiger charge is 2.30. The summed E-state index contributed by atoms with van der Waals surface area (Å²) in [5.74, 6) is -0.103. The predicted octanol–water partition coefficient (Wildman–Crippen LogP) is 3.86. The van der Waals surface area contributed by atoms with Gasteiger partial charge >= 0.3 is 11.9 Å². The van der Waals surface area contributed by atoms with Crippen LogP contribution in [0.15, 0.2) is 59.4 Å². The molecule has 1 amide bonds. The number of carbonyl (C=O) groups excluding carboxylic acids is 1. The highest BCUT2D eigenvalue weighted by Crippen LogP contribution is 2.31. The molecule has 3 heterocycles. The quantitative estimate of drug-likeness (QED) is 0.459. The van der Waals surface area contributed by atoms with E-state index in [1.807, 2.05) is 24.3 Å². The van der Waals surface area contributed by atoms with Gasteiger partial charge in [0.1, 0.15) is 12.4 Å². The molecule has 0 N–H and O–H groups in total. The molecule has 2 aromatic carbocycles. The number of hydrogen-bond acceptors (Lipinski definition) is 4. The second kappa shape index (κ2) is 8.12. The topological polar surface area (TPSA) is 72.5 Å². The van der Waals surface area contributed by atoms with Crippen molar-refractivity contribution in [1.29, 1.82) is 0 Å². The molecule has 0 aliphatic carbocycles. The van der Waals surface area contributed by atoms with E-state index < -0.39 is 17.4 Å². The second-order valence-electron chi connectivity index (χ2n) is 8.21. The van der Waals surface area contributed by atoms with Crippen molar-refractivity contribution in [2.45, 2.75) is 32.5 Å². The maximum Gasteiger partial charge on any atom is 0.416 e. The number of aryl methyl sites for hydroxylation is 2. The van der Waals surface area contributed by atoms with Crippen LogP contribution in [0.3, 0.4) is 0 Å². The van der Waals surface area contributed by atoms with Gasteiger partial charge in [0.25, 0.3) is 0 Å². The standard InChI is InChI=1S/C24H20F3N5O2/c1-15-13-20-29-31(14-21(33)30-12-4-6-16-5-2-3-7-19(16)30)23(34)32(20)22(28-15)17-8-10-18(11-9-17)24(25,26)27/h2-3,5,7-11,13H,4,6,12,14H2,1H3. The van der Waals surface area contributed by atoms with E-state index >= 15 is 0 Å². The van der Waals surface area contributed by atoms with Crippen LogP contribution in [0.2, 0.25) is 0 Å². The van der Waals surface area contributed by atoms with Crippen LogP contribution in [0.25, 0.3) is 17.0 Å². The van der Waals surface area contributed by atoms with E-state index in [0.29, 0.717) is 17.8 Å². The smallest absolute Gasteiger partial charge is 0.311 e. The fraction of sp³-hybridized carbons (Fsp3) is 0.250. The zero-order valence-corrected chi connectivity index (χ0v) is 18.2. The van der Waals surface area contributed by atoms with Gasteiger partial charge in [-0.3, -0.25) is 4.79 Å². The number of halogens is 3. The van der Waals surface area contributed by atoms with E-state index in [9.17, 15) is 22.8 Å². The predicted molar refractivity (Wildman–Crippen MR) is 120 cm³/mol. The number of hydrogen-bond donors (Lipinski definition) is 0. The Morgan fingerprint density at radius 3 is 2.56 bits per heavy atom. The molecule has 5 rings (SSSR count). The summed E-state index contributed by atoms with van der Waals surface area (Å²) in [5.41, 5.74) is 1.66. The van der Waals surface area contributed by atoms with E-state index in [0.717, 1.165) is 40.9 Å². The van der Waals surface area contributed by atoms with Gasteiger partial charge < -0.3 is 4.90 Å². The fourth-order valence-electron chi connectivity index (χ4n) is 4.26. The SMILES string of the molecule is Cc1cc2nn(CC(=O)N3CCCc4ccccc43)c(=O)n2c(-c2ccc(C(F)(F)F)cc2)n1. The molecule has 1 aliphatic heterocycles. The molecule has 0 atom stereocenters. The summed E-state index contributed by atoms with van der Waals surface area (Å²) in [4.78, 5) is 32.3.